The lowest BCUT2D eigenvalue weighted by Crippen LogP contribution is -2.07. The fourth-order valence-electron chi connectivity index (χ4n) is 0.973. The van der Waals surface area contributed by atoms with Gasteiger partial charge in [0.15, 0.2) is 5.82 Å². The van der Waals surface area contributed by atoms with Crippen molar-refractivity contribution in [1.29, 1.82) is 0 Å². The van der Waals surface area contributed by atoms with Gasteiger partial charge in [0, 0.05) is 6.54 Å². The molecule has 0 heterocycles. The Balaban J connectivity index is 2.90. The van der Waals surface area contributed by atoms with Crippen molar-refractivity contribution >= 4 is 17.3 Å². The van der Waals surface area contributed by atoms with Gasteiger partial charge in [-0.1, -0.05) is 17.7 Å². The van der Waals surface area contributed by atoms with Crippen LogP contribution in [-0.2, 0) is 0 Å². The van der Waals surface area contributed by atoms with Crippen molar-refractivity contribution < 1.29 is 9.50 Å². The first-order valence-electron chi connectivity index (χ1n) is 3.96. The summed E-state index contributed by atoms with van der Waals surface area (Å²) in [6.07, 6.45) is 0. The van der Waals surface area contributed by atoms with Gasteiger partial charge in [0.25, 0.3) is 0 Å². The molecular weight excluding hydrogens is 193 g/mol. The third-order valence-electron chi connectivity index (χ3n) is 1.70. The van der Waals surface area contributed by atoms with Crippen molar-refractivity contribution in [3.63, 3.8) is 0 Å². The maximum Gasteiger partial charge on any atom is 0.165 e. The molecule has 1 aromatic carbocycles. The van der Waals surface area contributed by atoms with Gasteiger partial charge in [-0.2, -0.15) is 0 Å². The highest BCUT2D eigenvalue weighted by Gasteiger charge is 2.07. The summed E-state index contributed by atoms with van der Waals surface area (Å²) in [7, 11) is 0. The number of aliphatic hydroxyl groups excluding tert-OH is 1. The molecule has 0 atom stereocenters. The Morgan fingerprint density at radius 2 is 2.23 bits per heavy atom. The molecule has 0 saturated carbocycles. The van der Waals surface area contributed by atoms with Gasteiger partial charge in [-0.05, 0) is 18.6 Å². The van der Waals surface area contributed by atoms with Gasteiger partial charge in [-0.15, -0.1) is 0 Å². The fourth-order valence-corrected chi connectivity index (χ4v) is 1.14. The van der Waals surface area contributed by atoms with Gasteiger partial charge in [0.2, 0.25) is 0 Å². The molecule has 0 amide bonds. The van der Waals surface area contributed by atoms with Crippen molar-refractivity contribution in [2.45, 2.75) is 6.92 Å². The summed E-state index contributed by atoms with van der Waals surface area (Å²) in [4.78, 5) is 0. The van der Waals surface area contributed by atoms with Crippen LogP contribution in [0.5, 0.6) is 0 Å². The minimum atomic E-state index is -0.463. The Labute approximate surface area is 81.3 Å². The highest BCUT2D eigenvalue weighted by molar-refractivity contribution is 6.31. The zero-order valence-electron chi connectivity index (χ0n) is 7.27. The number of benzene rings is 1. The molecule has 13 heavy (non-hydrogen) atoms. The summed E-state index contributed by atoms with van der Waals surface area (Å²) >= 11 is 5.68. The van der Waals surface area contributed by atoms with Gasteiger partial charge in [-0.25, -0.2) is 4.39 Å². The van der Waals surface area contributed by atoms with Crippen molar-refractivity contribution in [2.24, 2.45) is 0 Å². The van der Waals surface area contributed by atoms with Crippen LogP contribution in [0.1, 0.15) is 5.56 Å². The second-order valence-corrected chi connectivity index (χ2v) is 3.09. The number of halogens is 2. The molecular formula is C9H11ClFNO. The van der Waals surface area contributed by atoms with E-state index in [4.69, 9.17) is 16.7 Å². The zero-order valence-corrected chi connectivity index (χ0v) is 8.03. The first-order chi connectivity index (χ1) is 6.16. The minimum absolute atomic E-state index is 0.0368. The van der Waals surface area contributed by atoms with Crippen molar-refractivity contribution in [3.8, 4) is 0 Å². The molecule has 1 aromatic rings. The van der Waals surface area contributed by atoms with E-state index in [1.54, 1.807) is 19.1 Å². The Kier molecular flexibility index (Phi) is 3.51. The lowest BCUT2D eigenvalue weighted by atomic mass is 10.2. The number of nitrogens with one attached hydrogen (secondary N) is 1. The van der Waals surface area contributed by atoms with Gasteiger partial charge >= 0.3 is 0 Å². The highest BCUT2D eigenvalue weighted by atomic mass is 35.5. The maximum absolute atomic E-state index is 13.3. The fraction of sp³-hybridized carbons (Fsp3) is 0.333. The number of rotatable bonds is 3. The third-order valence-corrected chi connectivity index (χ3v) is 2.17. The number of hydrogen-bond acceptors (Lipinski definition) is 2. The van der Waals surface area contributed by atoms with E-state index in [1.807, 2.05) is 0 Å². The molecule has 2 N–H and O–H groups in total. The third kappa shape index (κ3) is 2.32. The van der Waals surface area contributed by atoms with E-state index in [0.29, 0.717) is 17.8 Å². The van der Waals surface area contributed by atoms with Crippen LogP contribution < -0.4 is 5.32 Å². The van der Waals surface area contributed by atoms with Gasteiger partial charge in [0.1, 0.15) is 0 Å². The quantitative estimate of drug-likeness (QED) is 0.790. The van der Waals surface area contributed by atoms with Crippen LogP contribution in [0.3, 0.4) is 0 Å². The van der Waals surface area contributed by atoms with Crippen LogP contribution in [0.15, 0.2) is 12.1 Å². The average Bonchev–Trinajstić information content (AvgIpc) is 2.13. The predicted octanol–water partition coefficient (Wildman–Crippen LogP) is 2.19. The van der Waals surface area contributed by atoms with Crippen LogP contribution in [0.25, 0.3) is 0 Å². The van der Waals surface area contributed by atoms with E-state index in [0.717, 1.165) is 0 Å². The molecule has 0 aliphatic carbocycles. The van der Waals surface area contributed by atoms with E-state index in [9.17, 15) is 4.39 Å². The second kappa shape index (κ2) is 4.44. The number of aryl methyl sites for hydroxylation is 1. The molecule has 0 aliphatic heterocycles. The lowest BCUT2D eigenvalue weighted by molar-refractivity contribution is 0.311. The summed E-state index contributed by atoms with van der Waals surface area (Å²) in [6, 6.07) is 3.33. The van der Waals surface area contributed by atoms with E-state index in [2.05, 4.69) is 5.32 Å². The molecule has 1 rings (SSSR count). The molecule has 2 nitrogen and oxygen atoms in total. The second-order valence-electron chi connectivity index (χ2n) is 2.71. The molecule has 4 heteroatoms. The van der Waals surface area contributed by atoms with Gasteiger partial charge in [0.05, 0.1) is 17.3 Å². The topological polar surface area (TPSA) is 32.3 Å². The molecule has 0 radical (unpaired) electrons. The van der Waals surface area contributed by atoms with Crippen LogP contribution in [0.4, 0.5) is 10.1 Å². The Morgan fingerprint density at radius 1 is 1.54 bits per heavy atom. The minimum Gasteiger partial charge on any atom is -0.395 e. The number of hydrogen-bond donors (Lipinski definition) is 2. The molecule has 0 spiro atoms. The Morgan fingerprint density at radius 3 is 2.85 bits per heavy atom. The van der Waals surface area contributed by atoms with Crippen LogP contribution in [0.2, 0.25) is 5.02 Å². The zero-order chi connectivity index (χ0) is 9.84. The molecule has 0 unspecified atom stereocenters. The van der Waals surface area contributed by atoms with Crippen molar-refractivity contribution in [1.82, 2.24) is 0 Å². The van der Waals surface area contributed by atoms with Crippen LogP contribution in [0, 0.1) is 12.7 Å². The standard InChI is InChI=1S/C9H11ClFNO/c1-6-2-3-7(12-4-5-13)9(11)8(6)10/h2-3,12-13H,4-5H2,1H3. The van der Waals surface area contributed by atoms with E-state index in [1.165, 1.54) is 0 Å². The predicted molar refractivity (Wildman–Crippen MR) is 51.7 cm³/mol. The van der Waals surface area contributed by atoms with E-state index in [-0.39, 0.29) is 11.6 Å². The van der Waals surface area contributed by atoms with Crippen molar-refractivity contribution in [3.05, 3.63) is 28.5 Å². The number of anilines is 1. The first kappa shape index (κ1) is 10.3. The summed E-state index contributed by atoms with van der Waals surface area (Å²) in [5.41, 5.74) is 1.03. The van der Waals surface area contributed by atoms with Gasteiger partial charge < -0.3 is 10.4 Å². The van der Waals surface area contributed by atoms with Crippen molar-refractivity contribution in [2.75, 3.05) is 18.5 Å². The SMILES string of the molecule is Cc1ccc(NCCO)c(F)c1Cl. The van der Waals surface area contributed by atoms with Crippen LogP contribution >= 0.6 is 11.6 Å². The molecule has 0 bridgehead atoms. The smallest absolute Gasteiger partial charge is 0.165 e. The largest absolute Gasteiger partial charge is 0.395 e. The monoisotopic (exact) mass is 203 g/mol. The molecule has 72 valence electrons. The summed E-state index contributed by atoms with van der Waals surface area (Å²) in [5.74, 6) is -0.463. The lowest BCUT2D eigenvalue weighted by Gasteiger charge is -2.08. The molecule has 0 saturated heterocycles. The van der Waals surface area contributed by atoms with Crippen LogP contribution in [-0.4, -0.2) is 18.3 Å². The molecule has 0 aromatic heterocycles. The average molecular weight is 204 g/mol. The summed E-state index contributed by atoms with van der Waals surface area (Å²) in [5, 5.41) is 11.4. The summed E-state index contributed by atoms with van der Waals surface area (Å²) in [6.45, 7) is 2.02. The van der Waals surface area contributed by atoms with Gasteiger partial charge in [-0.3, -0.25) is 0 Å². The molecule has 0 fully saturated rings. The maximum atomic E-state index is 13.3. The highest BCUT2D eigenvalue weighted by Crippen LogP contribution is 2.25. The normalized spacial score (nSPS) is 10.2. The van der Waals surface area contributed by atoms with E-state index >= 15 is 0 Å². The Bertz CT molecular complexity index is 304. The van der Waals surface area contributed by atoms with E-state index < -0.39 is 5.82 Å². The molecule has 0 aliphatic rings. The Hall–Kier alpha value is -0.800. The first-order valence-corrected chi connectivity index (χ1v) is 4.34. The summed E-state index contributed by atoms with van der Waals surface area (Å²) < 4.78 is 13.3. The number of aliphatic hydroxyl groups is 1.